The summed E-state index contributed by atoms with van der Waals surface area (Å²) < 4.78 is 6.87. The van der Waals surface area contributed by atoms with Crippen molar-refractivity contribution in [2.45, 2.75) is 12.3 Å². The molecule has 0 amide bonds. The van der Waals surface area contributed by atoms with Crippen LogP contribution in [0.5, 0.6) is 0 Å². The summed E-state index contributed by atoms with van der Waals surface area (Å²) in [5, 5.41) is 1.05. The third-order valence-corrected chi connectivity index (χ3v) is 3.32. The van der Waals surface area contributed by atoms with E-state index in [0.29, 0.717) is 13.0 Å². The topological polar surface area (TPSA) is 35.6 Å². The summed E-state index contributed by atoms with van der Waals surface area (Å²) in [4.78, 5) is 15.3. The second-order valence-corrected chi connectivity index (χ2v) is 4.46. The molecule has 0 aliphatic rings. The van der Waals surface area contributed by atoms with Gasteiger partial charge in [-0.2, -0.15) is 0 Å². The van der Waals surface area contributed by atoms with Gasteiger partial charge in [0.2, 0.25) is 6.54 Å². The van der Waals surface area contributed by atoms with Crippen LogP contribution in [-0.2, 0) is 16.6 Å². The van der Waals surface area contributed by atoms with Gasteiger partial charge in [0.1, 0.15) is 0 Å². The smallest absolute Gasteiger partial charge is 0.313 e. The molecule has 0 saturated heterocycles. The number of hydrogen-bond acceptors (Lipinski definition) is 2. The standard InChI is InChI=1S/C15H16N2O2/c1-16-9-8-12(15(18)19-3)13-10-17(2)14-7-5-4-6-11(13)14/h4-7,10,12H,8-9H2,2-3H3. The maximum Gasteiger partial charge on any atom is 0.313 e. The zero-order chi connectivity index (χ0) is 13.8. The molecule has 0 spiro atoms. The SMILES string of the molecule is [C-]#[N+]CCC(C(=O)OC)c1cn(C)c2ccccc12. The molecule has 19 heavy (non-hydrogen) atoms. The Hall–Kier alpha value is -2.28. The Labute approximate surface area is 112 Å². The molecule has 1 atom stereocenters. The minimum absolute atomic E-state index is 0.278. The Morgan fingerprint density at radius 3 is 2.89 bits per heavy atom. The van der Waals surface area contributed by atoms with Gasteiger partial charge in [-0.15, -0.1) is 0 Å². The second kappa shape index (κ2) is 5.57. The average molecular weight is 256 g/mol. The van der Waals surface area contributed by atoms with Crippen LogP contribution in [-0.4, -0.2) is 24.2 Å². The minimum atomic E-state index is -0.370. The predicted octanol–water partition coefficient (Wildman–Crippen LogP) is 2.74. The summed E-state index contributed by atoms with van der Waals surface area (Å²) in [5.74, 6) is -0.648. The Morgan fingerprint density at radius 1 is 1.47 bits per heavy atom. The van der Waals surface area contributed by atoms with E-state index in [-0.39, 0.29) is 11.9 Å². The Balaban J connectivity index is 2.50. The Morgan fingerprint density at radius 2 is 2.21 bits per heavy atom. The van der Waals surface area contributed by atoms with Crippen molar-refractivity contribution in [1.29, 1.82) is 0 Å². The average Bonchev–Trinajstić information content (AvgIpc) is 2.77. The number of nitrogens with zero attached hydrogens (tertiary/aromatic N) is 2. The molecule has 1 heterocycles. The molecule has 2 rings (SSSR count). The molecule has 0 saturated carbocycles. The molecule has 0 N–H and O–H groups in total. The number of benzene rings is 1. The number of fused-ring (bicyclic) bond motifs is 1. The molecule has 0 aliphatic carbocycles. The molecule has 4 nitrogen and oxygen atoms in total. The summed E-state index contributed by atoms with van der Waals surface area (Å²) in [5.41, 5.74) is 2.02. The van der Waals surface area contributed by atoms with Gasteiger partial charge in [-0.1, -0.05) is 18.2 Å². The van der Waals surface area contributed by atoms with E-state index >= 15 is 0 Å². The number of aromatic nitrogens is 1. The Kier molecular flexibility index (Phi) is 3.86. The summed E-state index contributed by atoms with van der Waals surface area (Å²) in [7, 11) is 3.34. The van der Waals surface area contributed by atoms with Crippen molar-refractivity contribution in [2.24, 2.45) is 7.05 Å². The second-order valence-electron chi connectivity index (χ2n) is 4.46. The number of methoxy groups -OCH3 is 1. The van der Waals surface area contributed by atoms with E-state index in [1.165, 1.54) is 7.11 Å². The molecule has 0 fully saturated rings. The fourth-order valence-electron chi connectivity index (χ4n) is 2.39. The van der Waals surface area contributed by atoms with Gasteiger partial charge in [-0.3, -0.25) is 4.79 Å². The molecule has 1 aromatic carbocycles. The first-order chi connectivity index (χ1) is 9.19. The van der Waals surface area contributed by atoms with E-state index in [0.717, 1.165) is 16.5 Å². The Bertz CT molecular complexity index is 637. The summed E-state index contributed by atoms with van der Waals surface area (Å²) >= 11 is 0. The van der Waals surface area contributed by atoms with Crippen LogP contribution >= 0.6 is 0 Å². The first kappa shape index (κ1) is 13.2. The quantitative estimate of drug-likeness (QED) is 0.623. The van der Waals surface area contributed by atoms with Crippen LogP contribution in [0.15, 0.2) is 30.5 Å². The molecule has 1 unspecified atom stereocenters. The molecule has 0 radical (unpaired) electrons. The third kappa shape index (κ3) is 2.45. The number of ether oxygens (including phenoxy) is 1. The van der Waals surface area contributed by atoms with Crippen LogP contribution in [0.1, 0.15) is 17.9 Å². The van der Waals surface area contributed by atoms with Crippen molar-refractivity contribution in [3.8, 4) is 0 Å². The van der Waals surface area contributed by atoms with Gasteiger partial charge in [-0.25, -0.2) is 6.57 Å². The highest BCUT2D eigenvalue weighted by atomic mass is 16.5. The van der Waals surface area contributed by atoms with Gasteiger partial charge in [0.25, 0.3) is 0 Å². The molecule has 0 aliphatic heterocycles. The number of para-hydroxylation sites is 1. The van der Waals surface area contributed by atoms with Crippen LogP contribution in [0.4, 0.5) is 0 Å². The molecule has 1 aromatic heterocycles. The lowest BCUT2D eigenvalue weighted by atomic mass is 9.95. The highest BCUT2D eigenvalue weighted by Gasteiger charge is 2.25. The van der Waals surface area contributed by atoms with E-state index in [1.807, 2.05) is 42.1 Å². The number of carbonyl (C=O) groups excluding carboxylic acids is 1. The highest BCUT2D eigenvalue weighted by molar-refractivity contribution is 5.90. The number of rotatable bonds is 4. The zero-order valence-corrected chi connectivity index (χ0v) is 11.1. The summed E-state index contributed by atoms with van der Waals surface area (Å²) in [6.07, 6.45) is 2.44. The van der Waals surface area contributed by atoms with Crippen LogP contribution in [0.25, 0.3) is 15.7 Å². The molecule has 0 bridgehead atoms. The zero-order valence-electron chi connectivity index (χ0n) is 11.1. The summed E-state index contributed by atoms with van der Waals surface area (Å²) in [6.45, 7) is 7.21. The first-order valence-corrected chi connectivity index (χ1v) is 6.14. The van der Waals surface area contributed by atoms with Crippen LogP contribution in [0.3, 0.4) is 0 Å². The van der Waals surface area contributed by atoms with E-state index in [9.17, 15) is 4.79 Å². The summed E-state index contributed by atoms with van der Waals surface area (Å²) in [6, 6.07) is 7.94. The van der Waals surface area contributed by atoms with Crippen molar-refractivity contribution < 1.29 is 9.53 Å². The van der Waals surface area contributed by atoms with Crippen molar-refractivity contribution in [3.63, 3.8) is 0 Å². The molecule has 4 heteroatoms. The number of carbonyl (C=O) groups is 1. The fourth-order valence-corrected chi connectivity index (χ4v) is 2.39. The molecular formula is C15H16N2O2. The van der Waals surface area contributed by atoms with E-state index in [4.69, 9.17) is 11.3 Å². The lowest BCUT2D eigenvalue weighted by Crippen LogP contribution is -2.15. The lowest BCUT2D eigenvalue weighted by molar-refractivity contribution is -0.142. The van der Waals surface area contributed by atoms with Gasteiger partial charge in [-0.05, 0) is 11.6 Å². The number of hydrogen-bond donors (Lipinski definition) is 0. The highest BCUT2D eigenvalue weighted by Crippen LogP contribution is 2.30. The third-order valence-electron chi connectivity index (χ3n) is 3.32. The van der Waals surface area contributed by atoms with Crippen LogP contribution < -0.4 is 0 Å². The normalized spacial score (nSPS) is 12.1. The van der Waals surface area contributed by atoms with Gasteiger partial charge in [0.15, 0.2) is 0 Å². The van der Waals surface area contributed by atoms with Crippen molar-refractivity contribution >= 4 is 16.9 Å². The largest absolute Gasteiger partial charge is 0.469 e. The van der Waals surface area contributed by atoms with Gasteiger partial charge in [0.05, 0.1) is 13.0 Å². The molecule has 2 aromatic rings. The molecule has 98 valence electrons. The van der Waals surface area contributed by atoms with Crippen LogP contribution in [0, 0.1) is 6.57 Å². The number of aryl methyl sites for hydroxylation is 1. The van der Waals surface area contributed by atoms with Gasteiger partial charge >= 0.3 is 5.97 Å². The van der Waals surface area contributed by atoms with Crippen molar-refractivity contribution in [1.82, 2.24) is 4.57 Å². The lowest BCUT2D eigenvalue weighted by Gasteiger charge is -2.11. The van der Waals surface area contributed by atoms with E-state index in [1.54, 1.807) is 0 Å². The van der Waals surface area contributed by atoms with Crippen molar-refractivity contribution in [3.05, 3.63) is 47.4 Å². The van der Waals surface area contributed by atoms with E-state index < -0.39 is 0 Å². The van der Waals surface area contributed by atoms with Crippen LogP contribution in [0.2, 0.25) is 0 Å². The number of esters is 1. The first-order valence-electron chi connectivity index (χ1n) is 6.14. The predicted molar refractivity (Wildman–Crippen MR) is 73.8 cm³/mol. The van der Waals surface area contributed by atoms with E-state index in [2.05, 4.69) is 4.85 Å². The maximum absolute atomic E-state index is 11.9. The minimum Gasteiger partial charge on any atom is -0.469 e. The maximum atomic E-state index is 11.9. The van der Waals surface area contributed by atoms with Gasteiger partial charge < -0.3 is 14.1 Å². The van der Waals surface area contributed by atoms with Crippen molar-refractivity contribution in [2.75, 3.05) is 13.7 Å². The van der Waals surface area contributed by atoms with Gasteiger partial charge in [0, 0.05) is 30.6 Å². The fraction of sp³-hybridized carbons (Fsp3) is 0.333. The molecular weight excluding hydrogens is 240 g/mol. The monoisotopic (exact) mass is 256 g/mol.